The normalized spacial score (nSPS) is 19.3. The van der Waals surface area contributed by atoms with E-state index in [1.807, 2.05) is 24.3 Å². The monoisotopic (exact) mass is 269 g/mol. The van der Waals surface area contributed by atoms with Crippen LogP contribution in [0.25, 0.3) is 10.1 Å². The van der Waals surface area contributed by atoms with Gasteiger partial charge in [-0.3, -0.25) is 4.21 Å². The highest BCUT2D eigenvalue weighted by Gasteiger charge is 2.19. The maximum Gasteiger partial charge on any atom is 0.183 e. The second kappa shape index (κ2) is 4.95. The Bertz CT molecular complexity index is 558. The Labute approximate surface area is 105 Å². The van der Waals surface area contributed by atoms with Crippen molar-refractivity contribution in [3.63, 3.8) is 0 Å². The first-order valence-electron chi connectivity index (χ1n) is 4.92. The quantitative estimate of drug-likeness (QED) is 0.787. The van der Waals surface area contributed by atoms with Gasteiger partial charge in [-0.2, -0.15) is 0 Å². The van der Waals surface area contributed by atoms with Gasteiger partial charge in [0.15, 0.2) is 5.04 Å². The van der Waals surface area contributed by atoms with Gasteiger partial charge < -0.3 is 10.3 Å². The predicted molar refractivity (Wildman–Crippen MR) is 70.9 cm³/mol. The summed E-state index contributed by atoms with van der Waals surface area (Å²) in [6.45, 7) is 0.445. The summed E-state index contributed by atoms with van der Waals surface area (Å²) in [6, 6.07) is 10.1. The van der Waals surface area contributed by atoms with E-state index in [-0.39, 0.29) is 5.48 Å². The summed E-state index contributed by atoms with van der Waals surface area (Å²) in [7, 11) is -1.02. The zero-order valence-corrected chi connectivity index (χ0v) is 10.5. The highest BCUT2D eigenvalue weighted by molar-refractivity contribution is 8.01. The molecule has 0 amide bonds. The van der Waals surface area contributed by atoms with E-state index in [0.717, 1.165) is 10.3 Å². The Morgan fingerprint density at radius 1 is 1.35 bits per heavy atom. The Morgan fingerprint density at radius 2 is 2.18 bits per heavy atom. The number of rotatable bonds is 1. The SMILES string of the molecule is O.O=S1CCON=C1c1cc2ccccc2s1. The van der Waals surface area contributed by atoms with Gasteiger partial charge in [0.25, 0.3) is 0 Å². The first-order chi connectivity index (χ1) is 7.84. The number of hydrogen-bond acceptors (Lipinski definition) is 4. The summed E-state index contributed by atoms with van der Waals surface area (Å²) in [5.41, 5.74) is 0. The fourth-order valence-electron chi connectivity index (χ4n) is 1.60. The Kier molecular flexibility index (Phi) is 3.56. The smallest absolute Gasteiger partial charge is 0.183 e. The van der Waals surface area contributed by atoms with Gasteiger partial charge in [-0.05, 0) is 17.5 Å². The molecule has 1 aromatic heterocycles. The van der Waals surface area contributed by atoms with E-state index >= 15 is 0 Å². The van der Waals surface area contributed by atoms with E-state index in [1.54, 1.807) is 11.3 Å². The summed E-state index contributed by atoms with van der Waals surface area (Å²) < 4.78 is 13.0. The molecule has 2 heterocycles. The summed E-state index contributed by atoms with van der Waals surface area (Å²) in [6.07, 6.45) is 0. The van der Waals surface area contributed by atoms with Crippen LogP contribution in [0.3, 0.4) is 0 Å². The van der Waals surface area contributed by atoms with E-state index in [9.17, 15) is 4.21 Å². The molecular formula is C11H11NO3S2. The van der Waals surface area contributed by atoms with Gasteiger partial charge in [-0.15, -0.1) is 11.3 Å². The molecule has 1 aromatic carbocycles. The highest BCUT2D eigenvalue weighted by atomic mass is 32.2. The number of thiophene rings is 1. The molecule has 2 aromatic rings. The second-order valence-corrected chi connectivity index (χ2v) is 6.00. The topological polar surface area (TPSA) is 70.2 Å². The minimum atomic E-state index is -1.02. The average Bonchev–Trinajstić information content (AvgIpc) is 2.73. The molecule has 2 N–H and O–H groups in total. The first-order valence-corrected chi connectivity index (χ1v) is 7.05. The van der Waals surface area contributed by atoms with Crippen molar-refractivity contribution >= 4 is 37.3 Å². The molecule has 3 rings (SSSR count). The van der Waals surface area contributed by atoms with Crippen LogP contribution in [0.1, 0.15) is 4.88 Å². The van der Waals surface area contributed by atoms with Crippen molar-refractivity contribution in [2.45, 2.75) is 0 Å². The fourth-order valence-corrected chi connectivity index (χ4v) is 3.78. The van der Waals surface area contributed by atoms with Crippen molar-refractivity contribution < 1.29 is 14.5 Å². The molecule has 1 aliphatic rings. The van der Waals surface area contributed by atoms with Crippen LogP contribution in [-0.2, 0) is 15.6 Å². The predicted octanol–water partition coefficient (Wildman–Crippen LogP) is 1.52. The Morgan fingerprint density at radius 3 is 2.94 bits per heavy atom. The zero-order valence-electron chi connectivity index (χ0n) is 8.88. The van der Waals surface area contributed by atoms with Crippen LogP contribution in [0.5, 0.6) is 0 Å². The Balaban J connectivity index is 0.00000108. The molecule has 1 aliphatic heterocycles. The van der Waals surface area contributed by atoms with Crippen molar-refractivity contribution in [2.24, 2.45) is 5.16 Å². The molecule has 0 saturated heterocycles. The van der Waals surface area contributed by atoms with E-state index < -0.39 is 10.8 Å². The van der Waals surface area contributed by atoms with Crippen LogP contribution < -0.4 is 0 Å². The number of oxime groups is 1. The van der Waals surface area contributed by atoms with Crippen LogP contribution in [0.2, 0.25) is 0 Å². The lowest BCUT2D eigenvalue weighted by atomic mass is 10.2. The zero-order chi connectivity index (χ0) is 11.0. The third-order valence-electron chi connectivity index (χ3n) is 2.36. The van der Waals surface area contributed by atoms with Crippen molar-refractivity contribution in [3.8, 4) is 0 Å². The molecule has 17 heavy (non-hydrogen) atoms. The van der Waals surface area contributed by atoms with Crippen molar-refractivity contribution in [2.75, 3.05) is 12.4 Å². The van der Waals surface area contributed by atoms with E-state index in [2.05, 4.69) is 11.2 Å². The molecule has 0 saturated carbocycles. The summed E-state index contributed by atoms with van der Waals surface area (Å²) in [4.78, 5) is 5.95. The molecular weight excluding hydrogens is 258 g/mol. The van der Waals surface area contributed by atoms with Crippen LogP contribution in [0, 0.1) is 0 Å². The lowest BCUT2D eigenvalue weighted by Gasteiger charge is -2.09. The minimum absolute atomic E-state index is 0. The summed E-state index contributed by atoms with van der Waals surface area (Å²) >= 11 is 1.60. The number of nitrogens with zero attached hydrogens (tertiary/aromatic N) is 1. The van der Waals surface area contributed by atoms with Gasteiger partial charge >= 0.3 is 0 Å². The van der Waals surface area contributed by atoms with Crippen LogP contribution in [0.4, 0.5) is 0 Å². The molecule has 0 fully saturated rings. The van der Waals surface area contributed by atoms with Crippen molar-refractivity contribution in [3.05, 3.63) is 35.2 Å². The molecule has 90 valence electrons. The Hall–Kier alpha value is -1.24. The maximum absolute atomic E-state index is 11.8. The molecule has 6 heteroatoms. The average molecular weight is 269 g/mol. The lowest BCUT2D eigenvalue weighted by Crippen LogP contribution is -2.19. The number of benzene rings is 1. The number of hydrogen-bond donors (Lipinski definition) is 0. The van der Waals surface area contributed by atoms with Gasteiger partial charge in [0, 0.05) is 4.70 Å². The minimum Gasteiger partial charge on any atom is -0.412 e. The molecule has 0 spiro atoms. The lowest BCUT2D eigenvalue weighted by molar-refractivity contribution is 0.159. The van der Waals surface area contributed by atoms with E-state index in [1.165, 1.54) is 4.70 Å². The largest absolute Gasteiger partial charge is 0.412 e. The van der Waals surface area contributed by atoms with Crippen LogP contribution >= 0.6 is 11.3 Å². The van der Waals surface area contributed by atoms with Gasteiger partial charge in [-0.1, -0.05) is 23.4 Å². The first kappa shape index (κ1) is 12.2. The fraction of sp³-hybridized carbons (Fsp3) is 0.182. The molecule has 4 nitrogen and oxygen atoms in total. The standard InChI is InChI=1S/C11H9NO2S2.H2O/c13-16-6-5-14-12-11(16)10-7-8-3-1-2-4-9(8)15-10;/h1-4,7H,5-6H2;1H2. The molecule has 1 unspecified atom stereocenters. The van der Waals surface area contributed by atoms with Crippen molar-refractivity contribution in [1.82, 2.24) is 0 Å². The van der Waals surface area contributed by atoms with Gasteiger partial charge in [0.05, 0.1) is 21.4 Å². The molecule has 0 radical (unpaired) electrons. The molecule has 1 atom stereocenters. The third-order valence-corrected chi connectivity index (χ3v) is 4.87. The van der Waals surface area contributed by atoms with Crippen LogP contribution in [0.15, 0.2) is 35.5 Å². The molecule has 0 bridgehead atoms. The van der Waals surface area contributed by atoms with Gasteiger partial charge in [0.2, 0.25) is 0 Å². The molecule has 0 aliphatic carbocycles. The van der Waals surface area contributed by atoms with Gasteiger partial charge in [0.1, 0.15) is 6.61 Å². The summed E-state index contributed by atoms with van der Waals surface area (Å²) in [5.74, 6) is 0.535. The third kappa shape index (κ3) is 2.24. The highest BCUT2D eigenvalue weighted by Crippen LogP contribution is 2.27. The second-order valence-electron chi connectivity index (χ2n) is 3.43. The van der Waals surface area contributed by atoms with Gasteiger partial charge in [-0.25, -0.2) is 0 Å². The van der Waals surface area contributed by atoms with Crippen molar-refractivity contribution in [1.29, 1.82) is 0 Å². The van der Waals surface area contributed by atoms with E-state index in [0.29, 0.717) is 17.4 Å². The maximum atomic E-state index is 11.8. The van der Waals surface area contributed by atoms with E-state index in [4.69, 9.17) is 4.84 Å². The number of fused-ring (bicyclic) bond motifs is 1. The van der Waals surface area contributed by atoms with Crippen LogP contribution in [-0.4, -0.2) is 27.1 Å². The summed E-state index contributed by atoms with van der Waals surface area (Å²) in [5, 5.41) is 5.64.